The van der Waals surface area contributed by atoms with Gasteiger partial charge in [0.15, 0.2) is 0 Å². The molecule has 2 rings (SSSR count). The largest absolute Gasteiger partial charge is 0.409 e. The molecular formula is C14H27N3O. The van der Waals surface area contributed by atoms with Gasteiger partial charge in [-0.3, -0.25) is 0 Å². The van der Waals surface area contributed by atoms with E-state index in [0.29, 0.717) is 5.84 Å². The summed E-state index contributed by atoms with van der Waals surface area (Å²) in [6, 6.07) is 0. The zero-order valence-corrected chi connectivity index (χ0v) is 11.4. The lowest BCUT2D eigenvalue weighted by Gasteiger charge is -2.41. The van der Waals surface area contributed by atoms with Crippen molar-refractivity contribution in [1.82, 2.24) is 4.90 Å². The van der Waals surface area contributed by atoms with E-state index in [-0.39, 0.29) is 0 Å². The van der Waals surface area contributed by atoms with Crippen LogP contribution in [0.3, 0.4) is 0 Å². The van der Waals surface area contributed by atoms with E-state index < -0.39 is 0 Å². The van der Waals surface area contributed by atoms with Gasteiger partial charge in [-0.1, -0.05) is 24.4 Å². The van der Waals surface area contributed by atoms with Crippen molar-refractivity contribution < 1.29 is 5.21 Å². The van der Waals surface area contributed by atoms with Crippen molar-refractivity contribution in [3.05, 3.63) is 0 Å². The van der Waals surface area contributed by atoms with Crippen LogP contribution in [0, 0.1) is 11.8 Å². The fourth-order valence-electron chi connectivity index (χ4n) is 3.57. The molecule has 4 nitrogen and oxygen atoms in total. The number of oxime groups is 1. The summed E-state index contributed by atoms with van der Waals surface area (Å²) in [5.41, 5.74) is 5.47. The molecule has 3 N–H and O–H groups in total. The quantitative estimate of drug-likeness (QED) is 0.260. The second-order valence-electron chi connectivity index (χ2n) is 5.94. The Bertz CT molecular complexity index is 280. The number of hydrogen-bond donors (Lipinski definition) is 2. The molecule has 2 fully saturated rings. The molecule has 1 aliphatic carbocycles. The lowest BCUT2D eigenvalue weighted by atomic mass is 9.75. The van der Waals surface area contributed by atoms with Gasteiger partial charge in [0, 0.05) is 13.0 Å². The maximum absolute atomic E-state index is 8.46. The normalized spacial score (nSPS) is 30.1. The molecule has 2 unspecified atom stereocenters. The Labute approximate surface area is 110 Å². The number of rotatable bonds is 5. The van der Waals surface area contributed by atoms with Gasteiger partial charge in [0.2, 0.25) is 0 Å². The lowest BCUT2D eigenvalue weighted by Crippen LogP contribution is -2.42. The van der Waals surface area contributed by atoms with Crippen molar-refractivity contribution in [3.8, 4) is 0 Å². The molecule has 0 spiro atoms. The molecule has 0 bridgehead atoms. The number of fused-ring (bicyclic) bond motifs is 1. The molecule has 104 valence electrons. The highest BCUT2D eigenvalue weighted by molar-refractivity contribution is 5.79. The van der Waals surface area contributed by atoms with Crippen LogP contribution in [-0.4, -0.2) is 35.6 Å². The van der Waals surface area contributed by atoms with Gasteiger partial charge in [-0.25, -0.2) is 0 Å². The zero-order chi connectivity index (χ0) is 12.8. The molecule has 0 radical (unpaired) electrons. The smallest absolute Gasteiger partial charge is 0.139 e. The molecule has 18 heavy (non-hydrogen) atoms. The maximum Gasteiger partial charge on any atom is 0.139 e. The summed E-state index contributed by atoms with van der Waals surface area (Å²) in [7, 11) is 0. The van der Waals surface area contributed by atoms with Crippen molar-refractivity contribution in [3.63, 3.8) is 0 Å². The van der Waals surface area contributed by atoms with E-state index in [9.17, 15) is 0 Å². The van der Waals surface area contributed by atoms with Crippen LogP contribution in [0.15, 0.2) is 5.16 Å². The molecule has 1 heterocycles. The van der Waals surface area contributed by atoms with Gasteiger partial charge in [0.25, 0.3) is 0 Å². The number of nitrogens with zero attached hydrogens (tertiary/aromatic N) is 2. The topological polar surface area (TPSA) is 61.8 Å². The summed E-state index contributed by atoms with van der Waals surface area (Å²) in [4.78, 5) is 2.62. The Morgan fingerprint density at radius 2 is 1.94 bits per heavy atom. The standard InChI is InChI=1S/C14H27N3O/c15-14(16-18)7-3-4-9-17-10-8-12-5-1-2-6-13(12)11-17/h12-13,18H,1-11H2,(H2,15,16). The molecule has 0 aromatic carbocycles. The Hall–Kier alpha value is -0.770. The maximum atomic E-state index is 8.46. The third kappa shape index (κ3) is 3.87. The van der Waals surface area contributed by atoms with Gasteiger partial charge < -0.3 is 15.8 Å². The Morgan fingerprint density at radius 3 is 2.72 bits per heavy atom. The van der Waals surface area contributed by atoms with Crippen LogP contribution in [0.1, 0.15) is 51.4 Å². The van der Waals surface area contributed by atoms with Crippen LogP contribution in [-0.2, 0) is 0 Å². The second kappa shape index (κ2) is 6.98. The van der Waals surface area contributed by atoms with Crippen LogP contribution < -0.4 is 5.73 Å². The average molecular weight is 253 g/mol. The minimum Gasteiger partial charge on any atom is -0.409 e. The van der Waals surface area contributed by atoms with Crippen molar-refractivity contribution in [1.29, 1.82) is 0 Å². The number of likely N-dealkylation sites (tertiary alicyclic amines) is 1. The highest BCUT2D eigenvalue weighted by atomic mass is 16.4. The predicted molar refractivity (Wildman–Crippen MR) is 73.8 cm³/mol. The number of piperidine rings is 1. The van der Waals surface area contributed by atoms with Gasteiger partial charge in [-0.05, 0) is 50.6 Å². The fraction of sp³-hybridized carbons (Fsp3) is 0.929. The van der Waals surface area contributed by atoms with Crippen LogP contribution in [0.5, 0.6) is 0 Å². The number of nitrogens with two attached hydrogens (primary N) is 1. The molecule has 1 saturated heterocycles. The van der Waals surface area contributed by atoms with E-state index in [1.54, 1.807) is 0 Å². The summed E-state index contributed by atoms with van der Waals surface area (Å²) >= 11 is 0. The highest BCUT2D eigenvalue weighted by Gasteiger charge is 2.30. The molecule has 2 atom stereocenters. The first-order valence-corrected chi connectivity index (χ1v) is 7.48. The van der Waals surface area contributed by atoms with Crippen LogP contribution in [0.25, 0.3) is 0 Å². The van der Waals surface area contributed by atoms with Gasteiger partial charge in [-0.15, -0.1) is 0 Å². The second-order valence-corrected chi connectivity index (χ2v) is 5.94. The summed E-state index contributed by atoms with van der Waals surface area (Å²) in [5, 5.41) is 11.5. The van der Waals surface area contributed by atoms with Crippen molar-refractivity contribution in [2.24, 2.45) is 22.7 Å². The first kappa shape index (κ1) is 13.7. The molecule has 0 amide bonds. The minimum atomic E-state index is 0.362. The average Bonchev–Trinajstić information content (AvgIpc) is 2.43. The molecular weight excluding hydrogens is 226 g/mol. The Balaban J connectivity index is 1.62. The van der Waals surface area contributed by atoms with Crippen LogP contribution in [0.2, 0.25) is 0 Å². The van der Waals surface area contributed by atoms with Crippen molar-refractivity contribution in [2.45, 2.75) is 51.4 Å². The van der Waals surface area contributed by atoms with E-state index in [0.717, 1.165) is 31.1 Å². The van der Waals surface area contributed by atoms with Crippen molar-refractivity contribution >= 4 is 5.84 Å². The minimum absolute atomic E-state index is 0.362. The van der Waals surface area contributed by atoms with E-state index in [4.69, 9.17) is 10.9 Å². The Kier molecular flexibility index (Phi) is 5.29. The van der Waals surface area contributed by atoms with Gasteiger partial charge >= 0.3 is 0 Å². The first-order chi connectivity index (χ1) is 8.79. The molecule has 4 heteroatoms. The van der Waals surface area contributed by atoms with Gasteiger partial charge in [-0.2, -0.15) is 0 Å². The molecule has 2 aliphatic rings. The van der Waals surface area contributed by atoms with E-state index in [1.807, 2.05) is 0 Å². The highest BCUT2D eigenvalue weighted by Crippen LogP contribution is 2.35. The lowest BCUT2D eigenvalue weighted by molar-refractivity contribution is 0.0859. The van der Waals surface area contributed by atoms with E-state index in [2.05, 4.69) is 10.1 Å². The molecule has 0 aromatic rings. The summed E-state index contributed by atoms with van der Waals surface area (Å²) < 4.78 is 0. The van der Waals surface area contributed by atoms with E-state index in [1.165, 1.54) is 51.7 Å². The fourth-order valence-corrected chi connectivity index (χ4v) is 3.57. The number of hydrogen-bond acceptors (Lipinski definition) is 3. The monoisotopic (exact) mass is 253 g/mol. The van der Waals surface area contributed by atoms with Gasteiger partial charge in [0.1, 0.15) is 5.84 Å². The molecule has 1 aliphatic heterocycles. The van der Waals surface area contributed by atoms with Crippen molar-refractivity contribution in [2.75, 3.05) is 19.6 Å². The summed E-state index contributed by atoms with van der Waals surface area (Å²) in [5.74, 6) is 2.35. The zero-order valence-electron chi connectivity index (χ0n) is 11.4. The summed E-state index contributed by atoms with van der Waals surface area (Å²) in [6.45, 7) is 3.78. The van der Waals surface area contributed by atoms with E-state index >= 15 is 0 Å². The third-order valence-corrected chi connectivity index (χ3v) is 4.66. The SMILES string of the molecule is NC(CCCCN1CCC2CCCCC2C1)=NO. The number of amidine groups is 1. The predicted octanol–water partition coefficient (Wildman–Crippen LogP) is 2.42. The third-order valence-electron chi connectivity index (χ3n) is 4.66. The van der Waals surface area contributed by atoms with Crippen LogP contribution in [0.4, 0.5) is 0 Å². The van der Waals surface area contributed by atoms with Gasteiger partial charge in [0.05, 0.1) is 0 Å². The van der Waals surface area contributed by atoms with Crippen LogP contribution >= 0.6 is 0 Å². The summed E-state index contributed by atoms with van der Waals surface area (Å²) in [6.07, 6.45) is 10.1. The number of unbranched alkanes of at least 4 members (excludes halogenated alkanes) is 1. The molecule has 0 aromatic heterocycles. The first-order valence-electron chi connectivity index (χ1n) is 7.48. The Morgan fingerprint density at radius 1 is 1.17 bits per heavy atom. The molecule has 1 saturated carbocycles.